The number of benzene rings is 1. The van der Waals surface area contributed by atoms with Gasteiger partial charge in [-0.3, -0.25) is 4.79 Å². The summed E-state index contributed by atoms with van der Waals surface area (Å²) in [5.41, 5.74) is 1.03. The molecule has 0 saturated heterocycles. The van der Waals surface area contributed by atoms with E-state index in [2.05, 4.69) is 15.9 Å². The van der Waals surface area contributed by atoms with Gasteiger partial charge >= 0.3 is 0 Å². The van der Waals surface area contributed by atoms with Crippen LogP contribution in [0.2, 0.25) is 0 Å². The first-order valence-corrected chi connectivity index (χ1v) is 8.46. The van der Waals surface area contributed by atoms with Crippen LogP contribution in [0.5, 0.6) is 0 Å². The highest BCUT2D eigenvalue weighted by Gasteiger charge is 2.20. The Morgan fingerprint density at radius 2 is 1.95 bits per heavy atom. The third-order valence-electron chi connectivity index (χ3n) is 2.86. The molecule has 7 heteroatoms. The molecule has 0 unspecified atom stereocenters. The molecule has 0 heterocycles. The molecule has 1 aromatic carbocycles. The number of sulfonamides is 1. The molecule has 0 aromatic heterocycles. The van der Waals surface area contributed by atoms with Crippen LogP contribution in [-0.2, 0) is 10.0 Å². The van der Waals surface area contributed by atoms with Crippen LogP contribution in [-0.4, -0.2) is 32.8 Å². The van der Waals surface area contributed by atoms with Crippen molar-refractivity contribution in [3.05, 3.63) is 27.7 Å². The van der Waals surface area contributed by atoms with Gasteiger partial charge in [-0.1, -0.05) is 29.8 Å². The Hall–Kier alpha value is -0.920. The third kappa shape index (κ3) is 4.04. The first-order valence-electron chi connectivity index (χ1n) is 6.12. The van der Waals surface area contributed by atoms with Gasteiger partial charge in [0, 0.05) is 23.6 Å². The maximum Gasteiger partial charge on any atom is 0.253 e. The van der Waals surface area contributed by atoms with Crippen molar-refractivity contribution in [1.82, 2.24) is 4.90 Å². The molecule has 1 amide bonds. The molecule has 0 aliphatic heterocycles. The van der Waals surface area contributed by atoms with Gasteiger partial charge in [0.25, 0.3) is 5.91 Å². The maximum atomic E-state index is 12.4. The van der Waals surface area contributed by atoms with Crippen molar-refractivity contribution >= 4 is 31.9 Å². The summed E-state index contributed by atoms with van der Waals surface area (Å²) in [6, 6.07) is 2.73. The van der Waals surface area contributed by atoms with Gasteiger partial charge in [-0.2, -0.15) is 0 Å². The van der Waals surface area contributed by atoms with Gasteiger partial charge in [0.1, 0.15) is 0 Å². The van der Waals surface area contributed by atoms with Crippen molar-refractivity contribution < 1.29 is 13.2 Å². The lowest BCUT2D eigenvalue weighted by Gasteiger charge is -2.21. The van der Waals surface area contributed by atoms with Crippen molar-refractivity contribution in [3.8, 4) is 0 Å². The Labute approximate surface area is 128 Å². The summed E-state index contributed by atoms with van der Waals surface area (Å²) in [6.07, 6.45) is 0. The minimum Gasteiger partial charge on any atom is -0.341 e. The fraction of sp³-hybridized carbons (Fsp3) is 0.462. The van der Waals surface area contributed by atoms with Gasteiger partial charge in [0.15, 0.2) is 0 Å². The molecule has 0 fully saturated rings. The highest BCUT2D eigenvalue weighted by molar-refractivity contribution is 9.10. The van der Waals surface area contributed by atoms with Crippen LogP contribution in [0.1, 0.15) is 29.8 Å². The molecular weight excluding hydrogens is 344 g/mol. The first-order chi connectivity index (χ1) is 9.04. The summed E-state index contributed by atoms with van der Waals surface area (Å²) in [5, 5.41) is 5.13. The molecule has 20 heavy (non-hydrogen) atoms. The van der Waals surface area contributed by atoms with E-state index in [1.807, 2.05) is 13.8 Å². The second-order valence-corrected chi connectivity index (χ2v) is 7.62. The molecule has 0 saturated carbocycles. The Morgan fingerprint density at radius 1 is 1.40 bits per heavy atom. The van der Waals surface area contributed by atoms with Gasteiger partial charge in [0.05, 0.1) is 4.90 Å². The number of nitrogens with zero attached hydrogens (tertiary/aromatic N) is 1. The van der Waals surface area contributed by atoms with E-state index in [9.17, 15) is 13.2 Å². The highest BCUT2D eigenvalue weighted by atomic mass is 79.9. The maximum absolute atomic E-state index is 12.4. The summed E-state index contributed by atoms with van der Waals surface area (Å²) < 4.78 is 23.4. The van der Waals surface area contributed by atoms with E-state index in [1.54, 1.807) is 18.9 Å². The standard InChI is InChI=1S/C13H19BrN2O3S/c1-8(2)7-16(4)13(17)11-5-10(20(15,18)19)6-12(14)9(11)3/h5-6,8H,7H2,1-4H3,(H2,15,18,19). The Morgan fingerprint density at radius 3 is 2.40 bits per heavy atom. The molecule has 0 aliphatic carbocycles. The van der Waals surface area contributed by atoms with E-state index in [-0.39, 0.29) is 10.8 Å². The number of rotatable bonds is 4. The summed E-state index contributed by atoms with van der Waals surface area (Å²) >= 11 is 3.27. The first kappa shape index (κ1) is 17.1. The van der Waals surface area contributed by atoms with E-state index >= 15 is 0 Å². The summed E-state index contributed by atoms with van der Waals surface area (Å²) in [6.45, 7) is 6.36. The van der Waals surface area contributed by atoms with Crippen molar-refractivity contribution in [3.63, 3.8) is 0 Å². The van der Waals surface area contributed by atoms with Crippen molar-refractivity contribution in [2.45, 2.75) is 25.7 Å². The number of amides is 1. The summed E-state index contributed by atoms with van der Waals surface area (Å²) in [5.74, 6) is 0.108. The van der Waals surface area contributed by atoms with Gasteiger partial charge in [0.2, 0.25) is 10.0 Å². The molecule has 1 aromatic rings. The fourth-order valence-electron chi connectivity index (χ4n) is 1.88. The van der Waals surface area contributed by atoms with E-state index in [4.69, 9.17) is 5.14 Å². The SMILES string of the molecule is Cc1c(Br)cc(S(N)(=O)=O)cc1C(=O)N(C)CC(C)C. The number of carbonyl (C=O) groups excluding carboxylic acids is 1. The van der Waals surface area contributed by atoms with Crippen LogP contribution < -0.4 is 5.14 Å². The van der Waals surface area contributed by atoms with E-state index in [0.717, 1.165) is 0 Å². The molecule has 0 bridgehead atoms. The lowest BCUT2D eigenvalue weighted by molar-refractivity contribution is 0.0778. The number of nitrogens with two attached hydrogens (primary N) is 1. The lowest BCUT2D eigenvalue weighted by atomic mass is 10.1. The average Bonchev–Trinajstić information content (AvgIpc) is 2.29. The van der Waals surface area contributed by atoms with Gasteiger partial charge in [-0.05, 0) is 30.5 Å². The van der Waals surface area contributed by atoms with Crippen LogP contribution in [0, 0.1) is 12.8 Å². The molecule has 2 N–H and O–H groups in total. The largest absolute Gasteiger partial charge is 0.341 e. The lowest BCUT2D eigenvalue weighted by Crippen LogP contribution is -2.31. The minimum atomic E-state index is -3.85. The molecule has 1 rings (SSSR count). The zero-order valence-electron chi connectivity index (χ0n) is 12.0. The third-order valence-corrected chi connectivity index (χ3v) is 4.58. The smallest absolute Gasteiger partial charge is 0.253 e. The van der Waals surface area contributed by atoms with Crippen molar-refractivity contribution in [2.75, 3.05) is 13.6 Å². The zero-order valence-corrected chi connectivity index (χ0v) is 14.4. The van der Waals surface area contributed by atoms with Crippen molar-refractivity contribution in [2.24, 2.45) is 11.1 Å². The highest BCUT2D eigenvalue weighted by Crippen LogP contribution is 2.25. The number of hydrogen-bond donors (Lipinski definition) is 1. The second-order valence-electron chi connectivity index (χ2n) is 5.20. The molecule has 112 valence electrons. The monoisotopic (exact) mass is 362 g/mol. The minimum absolute atomic E-state index is 0.0729. The molecule has 0 spiro atoms. The molecule has 0 atom stereocenters. The Kier molecular flexibility index (Phi) is 5.34. The molecule has 5 nitrogen and oxygen atoms in total. The van der Waals surface area contributed by atoms with E-state index in [0.29, 0.717) is 28.1 Å². The average molecular weight is 363 g/mol. The summed E-state index contributed by atoms with van der Waals surface area (Å²) in [4.78, 5) is 13.9. The number of halogens is 1. The van der Waals surface area contributed by atoms with Crippen LogP contribution in [0.15, 0.2) is 21.5 Å². The van der Waals surface area contributed by atoms with Gasteiger partial charge in [-0.15, -0.1) is 0 Å². The van der Waals surface area contributed by atoms with E-state index < -0.39 is 10.0 Å². The normalized spacial score (nSPS) is 11.8. The molecule has 0 radical (unpaired) electrons. The van der Waals surface area contributed by atoms with Crippen LogP contribution >= 0.6 is 15.9 Å². The van der Waals surface area contributed by atoms with Gasteiger partial charge in [-0.25, -0.2) is 13.6 Å². The van der Waals surface area contributed by atoms with Crippen LogP contribution in [0.3, 0.4) is 0 Å². The van der Waals surface area contributed by atoms with Crippen LogP contribution in [0.25, 0.3) is 0 Å². The van der Waals surface area contributed by atoms with E-state index in [1.165, 1.54) is 12.1 Å². The predicted molar refractivity (Wildman–Crippen MR) is 82.1 cm³/mol. The van der Waals surface area contributed by atoms with Crippen LogP contribution in [0.4, 0.5) is 0 Å². The van der Waals surface area contributed by atoms with Crippen molar-refractivity contribution in [1.29, 1.82) is 0 Å². The topological polar surface area (TPSA) is 80.5 Å². The van der Waals surface area contributed by atoms with Gasteiger partial charge < -0.3 is 4.90 Å². The fourth-order valence-corrected chi connectivity index (χ4v) is 3.05. The molecule has 0 aliphatic rings. The molecular formula is C13H19BrN2O3S. The number of carbonyl (C=O) groups is 1. The quantitative estimate of drug-likeness (QED) is 0.890. The number of hydrogen-bond acceptors (Lipinski definition) is 3. The number of primary sulfonamides is 1. The zero-order chi connectivity index (χ0) is 15.7. The predicted octanol–water partition coefficient (Wildman–Crippen LogP) is 2.13. The second kappa shape index (κ2) is 6.24. The Balaban J connectivity index is 3.31. The Bertz CT molecular complexity index is 627. The summed E-state index contributed by atoms with van der Waals surface area (Å²) in [7, 11) is -2.15.